The second-order valence-corrected chi connectivity index (χ2v) is 5.41. The van der Waals surface area contributed by atoms with E-state index in [1.165, 1.54) is 17.1 Å². The average Bonchev–Trinajstić information content (AvgIpc) is 2.94. The lowest BCUT2D eigenvalue weighted by Gasteiger charge is -2.05. The molecule has 0 amide bonds. The second-order valence-electron chi connectivity index (χ2n) is 4.66. The molecule has 0 fully saturated rings. The molecule has 0 aliphatic carbocycles. The summed E-state index contributed by atoms with van der Waals surface area (Å²) >= 11 is 1.41. The third kappa shape index (κ3) is 2.06. The zero-order valence-electron chi connectivity index (χ0n) is 10.4. The molecule has 0 spiro atoms. The van der Waals surface area contributed by atoms with Crippen LogP contribution in [0.25, 0.3) is 0 Å². The van der Waals surface area contributed by atoms with Crippen LogP contribution in [0.3, 0.4) is 0 Å². The van der Waals surface area contributed by atoms with E-state index in [-0.39, 0.29) is 5.92 Å². The summed E-state index contributed by atoms with van der Waals surface area (Å²) in [7, 11) is 0. The lowest BCUT2D eigenvalue weighted by molar-refractivity contribution is 0.340. The second kappa shape index (κ2) is 4.57. The van der Waals surface area contributed by atoms with Crippen molar-refractivity contribution in [3.8, 4) is 5.75 Å². The molecule has 5 heteroatoms. The van der Waals surface area contributed by atoms with E-state index in [0.717, 1.165) is 16.7 Å². The monoisotopic (exact) mass is 261 g/mol. The maximum absolute atomic E-state index is 5.66. The van der Waals surface area contributed by atoms with Gasteiger partial charge in [-0.1, -0.05) is 18.2 Å². The van der Waals surface area contributed by atoms with Gasteiger partial charge in [-0.05, 0) is 19.9 Å². The third-order valence-corrected chi connectivity index (χ3v) is 3.53. The van der Waals surface area contributed by atoms with Crippen molar-refractivity contribution in [1.29, 1.82) is 0 Å². The zero-order chi connectivity index (χ0) is 12.5. The first-order valence-electron chi connectivity index (χ1n) is 6.06. The van der Waals surface area contributed by atoms with Gasteiger partial charge in [0.05, 0.1) is 5.92 Å². The fourth-order valence-corrected chi connectivity index (χ4v) is 2.83. The number of anilines is 1. The van der Waals surface area contributed by atoms with E-state index < -0.39 is 0 Å². The Morgan fingerprint density at radius 3 is 3.06 bits per heavy atom. The van der Waals surface area contributed by atoms with Gasteiger partial charge in [0.25, 0.3) is 0 Å². The number of rotatable bonds is 3. The molecule has 3 rings (SSSR count). The predicted octanol–water partition coefficient (Wildman–Crippen LogP) is 2.88. The third-order valence-electron chi connectivity index (χ3n) is 2.87. The van der Waals surface area contributed by atoms with Gasteiger partial charge in [-0.15, -0.1) is 0 Å². The molecule has 1 aliphatic heterocycles. The SMILES string of the molecule is CC(C)Nc1nc(C2COc3ccccc32)ns1. The fraction of sp³-hybridized carbons (Fsp3) is 0.385. The Balaban J connectivity index is 1.86. The van der Waals surface area contributed by atoms with E-state index in [2.05, 4.69) is 34.6 Å². The van der Waals surface area contributed by atoms with Crippen LogP contribution >= 0.6 is 11.5 Å². The Morgan fingerprint density at radius 1 is 1.39 bits per heavy atom. The summed E-state index contributed by atoms with van der Waals surface area (Å²) in [5.41, 5.74) is 1.19. The van der Waals surface area contributed by atoms with Gasteiger partial charge in [0, 0.05) is 23.1 Å². The molecule has 94 valence electrons. The molecule has 0 saturated carbocycles. The first kappa shape index (κ1) is 11.5. The van der Waals surface area contributed by atoms with Crippen molar-refractivity contribution in [2.24, 2.45) is 0 Å². The number of para-hydroxylation sites is 1. The molecule has 1 atom stereocenters. The Hall–Kier alpha value is -1.62. The number of benzene rings is 1. The minimum absolute atomic E-state index is 0.167. The fourth-order valence-electron chi connectivity index (χ4n) is 2.06. The van der Waals surface area contributed by atoms with Crippen molar-refractivity contribution < 1.29 is 4.74 Å². The first-order valence-corrected chi connectivity index (χ1v) is 6.83. The van der Waals surface area contributed by atoms with Crippen LogP contribution in [0, 0.1) is 0 Å². The van der Waals surface area contributed by atoms with Gasteiger partial charge in [-0.3, -0.25) is 0 Å². The molecule has 2 heterocycles. The number of fused-ring (bicyclic) bond motifs is 1. The van der Waals surface area contributed by atoms with Crippen LogP contribution in [0.15, 0.2) is 24.3 Å². The van der Waals surface area contributed by atoms with Crippen molar-refractivity contribution in [3.63, 3.8) is 0 Å². The molecule has 0 saturated heterocycles. The van der Waals surface area contributed by atoms with Crippen LogP contribution in [0.4, 0.5) is 5.13 Å². The zero-order valence-corrected chi connectivity index (χ0v) is 11.2. The maximum atomic E-state index is 5.66. The summed E-state index contributed by atoms with van der Waals surface area (Å²) in [6, 6.07) is 8.47. The highest BCUT2D eigenvalue weighted by Crippen LogP contribution is 2.37. The molecular formula is C13H15N3OS. The van der Waals surface area contributed by atoms with Crippen LogP contribution in [-0.2, 0) is 0 Å². The Kier molecular flexibility index (Phi) is 2.91. The number of nitrogens with one attached hydrogen (secondary N) is 1. The van der Waals surface area contributed by atoms with Gasteiger partial charge in [-0.2, -0.15) is 4.37 Å². The van der Waals surface area contributed by atoms with E-state index in [0.29, 0.717) is 12.6 Å². The topological polar surface area (TPSA) is 47.0 Å². The van der Waals surface area contributed by atoms with Crippen LogP contribution in [0.1, 0.15) is 31.2 Å². The van der Waals surface area contributed by atoms with Gasteiger partial charge in [0.15, 0.2) is 5.82 Å². The summed E-state index contributed by atoms with van der Waals surface area (Å²) in [5, 5.41) is 4.16. The van der Waals surface area contributed by atoms with Crippen molar-refractivity contribution in [2.75, 3.05) is 11.9 Å². The highest BCUT2D eigenvalue weighted by molar-refractivity contribution is 7.09. The molecule has 1 N–H and O–H groups in total. The molecule has 2 aromatic rings. The number of nitrogens with zero attached hydrogens (tertiary/aromatic N) is 2. The highest BCUT2D eigenvalue weighted by atomic mass is 32.1. The Bertz CT molecular complexity index is 553. The van der Waals surface area contributed by atoms with E-state index in [4.69, 9.17) is 4.74 Å². The lowest BCUT2D eigenvalue weighted by atomic mass is 10.0. The van der Waals surface area contributed by atoms with Gasteiger partial charge in [0.2, 0.25) is 5.13 Å². The standard InChI is InChI=1S/C13H15N3OS/c1-8(2)14-13-15-12(16-18-13)10-7-17-11-6-4-3-5-9(10)11/h3-6,8,10H,7H2,1-2H3,(H,14,15,16). The van der Waals surface area contributed by atoms with Crippen LogP contribution in [0.2, 0.25) is 0 Å². The van der Waals surface area contributed by atoms with E-state index in [1.54, 1.807) is 0 Å². The molecular weight excluding hydrogens is 246 g/mol. The van der Waals surface area contributed by atoms with Crippen molar-refractivity contribution in [3.05, 3.63) is 35.7 Å². The maximum Gasteiger partial charge on any atom is 0.202 e. The predicted molar refractivity (Wildman–Crippen MR) is 72.4 cm³/mol. The molecule has 1 unspecified atom stereocenters. The number of hydrogen-bond donors (Lipinski definition) is 1. The minimum atomic E-state index is 0.167. The number of ether oxygens (including phenoxy) is 1. The minimum Gasteiger partial charge on any atom is -0.492 e. The summed E-state index contributed by atoms with van der Waals surface area (Å²) < 4.78 is 10.1. The number of aromatic nitrogens is 2. The van der Waals surface area contributed by atoms with Crippen molar-refractivity contribution >= 4 is 16.7 Å². The Morgan fingerprint density at radius 2 is 2.22 bits per heavy atom. The molecule has 0 radical (unpaired) electrons. The van der Waals surface area contributed by atoms with Crippen molar-refractivity contribution in [2.45, 2.75) is 25.8 Å². The molecule has 1 aromatic carbocycles. The molecule has 1 aromatic heterocycles. The molecule has 4 nitrogen and oxygen atoms in total. The van der Waals surface area contributed by atoms with Crippen molar-refractivity contribution in [1.82, 2.24) is 9.36 Å². The summed E-state index contributed by atoms with van der Waals surface area (Å²) in [6.45, 7) is 4.82. The van der Waals surface area contributed by atoms with Gasteiger partial charge in [0.1, 0.15) is 12.4 Å². The van der Waals surface area contributed by atoms with E-state index in [1.807, 2.05) is 18.2 Å². The van der Waals surface area contributed by atoms with E-state index in [9.17, 15) is 0 Å². The smallest absolute Gasteiger partial charge is 0.202 e. The normalized spacial score (nSPS) is 17.6. The van der Waals surface area contributed by atoms with Crippen LogP contribution in [0.5, 0.6) is 5.75 Å². The van der Waals surface area contributed by atoms with Gasteiger partial charge >= 0.3 is 0 Å². The van der Waals surface area contributed by atoms with Crippen LogP contribution < -0.4 is 10.1 Å². The van der Waals surface area contributed by atoms with Gasteiger partial charge in [-0.25, -0.2) is 4.98 Å². The quantitative estimate of drug-likeness (QED) is 0.923. The molecule has 18 heavy (non-hydrogen) atoms. The molecule has 1 aliphatic rings. The number of hydrogen-bond acceptors (Lipinski definition) is 5. The largest absolute Gasteiger partial charge is 0.492 e. The van der Waals surface area contributed by atoms with E-state index >= 15 is 0 Å². The Labute approximate surface area is 110 Å². The summed E-state index contributed by atoms with van der Waals surface area (Å²) in [5.74, 6) is 1.98. The first-order chi connectivity index (χ1) is 8.74. The summed E-state index contributed by atoms with van der Waals surface area (Å²) in [4.78, 5) is 4.55. The lowest BCUT2D eigenvalue weighted by Crippen LogP contribution is -2.10. The summed E-state index contributed by atoms with van der Waals surface area (Å²) in [6.07, 6.45) is 0. The van der Waals surface area contributed by atoms with Gasteiger partial charge < -0.3 is 10.1 Å². The molecule has 0 bridgehead atoms. The van der Waals surface area contributed by atoms with Crippen LogP contribution in [-0.4, -0.2) is 22.0 Å². The average molecular weight is 261 g/mol. The highest BCUT2D eigenvalue weighted by Gasteiger charge is 2.28.